The third-order valence-corrected chi connectivity index (χ3v) is 4.71. The van der Waals surface area contributed by atoms with E-state index in [0.717, 1.165) is 16.9 Å². The molecule has 0 atom stereocenters. The molecule has 2 aromatic rings. The number of anilines is 1. The second-order valence-electron chi connectivity index (χ2n) is 5.98. The molecule has 2 aromatic carbocycles. The fraction of sp³-hybridized carbons (Fsp3) is 0.0500. The van der Waals surface area contributed by atoms with Crippen molar-refractivity contribution in [1.82, 2.24) is 5.32 Å². The van der Waals surface area contributed by atoms with Crippen molar-refractivity contribution in [3.63, 3.8) is 0 Å². The fourth-order valence-corrected chi connectivity index (χ4v) is 3.29. The average molecular weight is 397 g/mol. The van der Waals surface area contributed by atoms with Crippen LogP contribution >= 0.6 is 23.8 Å². The number of para-hydroxylation sites is 1. The molecule has 0 unspecified atom stereocenters. The lowest BCUT2D eigenvalue weighted by molar-refractivity contribution is -0.122. The van der Waals surface area contributed by atoms with Crippen LogP contribution in [0.2, 0.25) is 5.02 Å². The van der Waals surface area contributed by atoms with Gasteiger partial charge >= 0.3 is 0 Å². The van der Waals surface area contributed by atoms with Crippen LogP contribution in [0, 0.1) is 0 Å². The third kappa shape index (κ3) is 3.37. The molecule has 134 valence electrons. The molecule has 0 spiro atoms. The number of nitrogens with one attached hydrogen (secondary N) is 1. The highest BCUT2D eigenvalue weighted by atomic mass is 35.5. The summed E-state index contributed by atoms with van der Waals surface area (Å²) < 4.78 is 5.68. The van der Waals surface area contributed by atoms with Gasteiger partial charge in [0.05, 0.1) is 5.69 Å². The molecule has 5 nitrogen and oxygen atoms in total. The molecule has 0 aliphatic carbocycles. The van der Waals surface area contributed by atoms with E-state index in [9.17, 15) is 9.59 Å². The highest BCUT2D eigenvalue weighted by Crippen LogP contribution is 2.28. The number of amides is 2. The van der Waals surface area contributed by atoms with Crippen molar-refractivity contribution >= 4 is 52.5 Å². The molecular formula is C20H13ClN2O3S. The van der Waals surface area contributed by atoms with E-state index in [4.69, 9.17) is 28.6 Å². The molecule has 2 amide bonds. The van der Waals surface area contributed by atoms with Crippen LogP contribution in [-0.4, -0.2) is 23.5 Å². The number of halogens is 1. The predicted molar refractivity (Wildman–Crippen MR) is 108 cm³/mol. The van der Waals surface area contributed by atoms with Gasteiger partial charge in [-0.25, -0.2) is 0 Å². The van der Waals surface area contributed by atoms with Gasteiger partial charge in [0.15, 0.2) is 5.11 Å². The molecule has 0 saturated carbocycles. The van der Waals surface area contributed by atoms with Gasteiger partial charge in [-0.15, -0.1) is 0 Å². The first-order valence-electron chi connectivity index (χ1n) is 8.12. The van der Waals surface area contributed by atoms with Crippen molar-refractivity contribution < 1.29 is 14.3 Å². The van der Waals surface area contributed by atoms with Crippen molar-refractivity contribution in [3.05, 3.63) is 76.3 Å². The molecule has 4 rings (SSSR count). The molecule has 7 heteroatoms. The molecular weight excluding hydrogens is 384 g/mol. The van der Waals surface area contributed by atoms with Gasteiger partial charge in [-0.05, 0) is 60.3 Å². The molecule has 2 aliphatic heterocycles. The Morgan fingerprint density at radius 3 is 2.63 bits per heavy atom. The largest absolute Gasteiger partial charge is 0.488 e. The van der Waals surface area contributed by atoms with Gasteiger partial charge in [-0.1, -0.05) is 29.8 Å². The summed E-state index contributed by atoms with van der Waals surface area (Å²) in [7, 11) is 0. The van der Waals surface area contributed by atoms with E-state index in [1.807, 2.05) is 30.3 Å². The van der Waals surface area contributed by atoms with E-state index in [2.05, 4.69) is 5.32 Å². The van der Waals surface area contributed by atoms with Crippen LogP contribution in [0.3, 0.4) is 0 Å². The zero-order chi connectivity index (χ0) is 19.0. The second-order valence-corrected chi connectivity index (χ2v) is 6.80. The van der Waals surface area contributed by atoms with Crippen molar-refractivity contribution in [2.45, 2.75) is 0 Å². The van der Waals surface area contributed by atoms with Crippen molar-refractivity contribution in [1.29, 1.82) is 0 Å². The highest BCUT2D eigenvalue weighted by molar-refractivity contribution is 7.80. The number of carbonyl (C=O) groups is 2. The Hall–Kier alpha value is -2.96. The van der Waals surface area contributed by atoms with Crippen LogP contribution in [0.4, 0.5) is 5.69 Å². The van der Waals surface area contributed by atoms with Crippen LogP contribution in [0.5, 0.6) is 5.75 Å². The van der Waals surface area contributed by atoms with Crippen molar-refractivity contribution in [2.75, 3.05) is 11.5 Å². The number of nitrogens with zero attached hydrogens (tertiary/aromatic N) is 1. The lowest BCUT2D eigenvalue weighted by Gasteiger charge is -2.29. The molecule has 0 radical (unpaired) electrons. The number of hydrogen-bond donors (Lipinski definition) is 1. The Kier molecular flexibility index (Phi) is 4.51. The minimum Gasteiger partial charge on any atom is -0.488 e. The summed E-state index contributed by atoms with van der Waals surface area (Å²) in [5.74, 6) is -0.260. The van der Waals surface area contributed by atoms with Gasteiger partial charge in [0.1, 0.15) is 17.9 Å². The number of benzene rings is 2. The number of ether oxygens (including phenoxy) is 1. The fourth-order valence-electron chi connectivity index (χ4n) is 2.88. The number of carbonyl (C=O) groups excluding carboxylic acids is 2. The van der Waals surface area contributed by atoms with Gasteiger partial charge in [-0.3, -0.25) is 19.8 Å². The minimum absolute atomic E-state index is 0.00668. The predicted octanol–water partition coefficient (Wildman–Crippen LogP) is 3.49. The van der Waals surface area contributed by atoms with Crippen LogP contribution in [0.15, 0.2) is 65.8 Å². The molecule has 1 N–H and O–H groups in total. The lowest BCUT2D eigenvalue weighted by Crippen LogP contribution is -2.54. The van der Waals surface area contributed by atoms with Gasteiger partial charge in [-0.2, -0.15) is 0 Å². The Morgan fingerprint density at radius 2 is 1.85 bits per heavy atom. The first-order chi connectivity index (χ1) is 13.0. The Morgan fingerprint density at radius 1 is 1.11 bits per heavy atom. The van der Waals surface area contributed by atoms with Gasteiger partial charge < -0.3 is 4.74 Å². The molecule has 2 heterocycles. The Bertz CT molecular complexity index is 1030. The summed E-state index contributed by atoms with van der Waals surface area (Å²) in [6, 6.07) is 14.2. The summed E-state index contributed by atoms with van der Waals surface area (Å²) in [5, 5.41) is 3.13. The number of hydrogen-bond acceptors (Lipinski definition) is 4. The number of rotatable bonds is 2. The minimum atomic E-state index is -0.532. The standard InChI is InChI=1S/C20H13ClN2O3S/c21-14-5-7-15(8-6-14)23-19(25)16(18(24)22-20(23)27)10-12-9-13-3-1-2-4-17(13)26-11-12/h1-10H,11H2,(H,22,24,27). The first kappa shape index (κ1) is 17.5. The van der Waals surface area contributed by atoms with Crippen molar-refractivity contribution in [2.24, 2.45) is 0 Å². The summed E-state index contributed by atoms with van der Waals surface area (Å²) in [4.78, 5) is 26.6. The summed E-state index contributed by atoms with van der Waals surface area (Å²) in [6.07, 6.45) is 3.43. The van der Waals surface area contributed by atoms with E-state index in [1.165, 1.54) is 11.0 Å². The molecule has 1 saturated heterocycles. The van der Waals surface area contributed by atoms with Gasteiger partial charge in [0.25, 0.3) is 11.8 Å². The van der Waals surface area contributed by atoms with Gasteiger partial charge in [0.2, 0.25) is 0 Å². The zero-order valence-electron chi connectivity index (χ0n) is 13.9. The zero-order valence-corrected chi connectivity index (χ0v) is 15.5. The molecule has 0 bridgehead atoms. The van der Waals surface area contributed by atoms with Crippen LogP contribution < -0.4 is 15.0 Å². The maximum absolute atomic E-state index is 13.0. The van der Waals surface area contributed by atoms with Crippen LogP contribution in [-0.2, 0) is 9.59 Å². The Balaban J connectivity index is 1.70. The van der Waals surface area contributed by atoms with E-state index in [1.54, 1.807) is 24.3 Å². The maximum Gasteiger partial charge on any atom is 0.270 e. The van der Waals surface area contributed by atoms with E-state index >= 15 is 0 Å². The van der Waals surface area contributed by atoms with Crippen molar-refractivity contribution in [3.8, 4) is 5.75 Å². The normalized spacial score (nSPS) is 18.0. The lowest BCUT2D eigenvalue weighted by atomic mass is 10.0. The molecule has 27 heavy (non-hydrogen) atoms. The third-order valence-electron chi connectivity index (χ3n) is 4.17. The summed E-state index contributed by atoms with van der Waals surface area (Å²) in [6.45, 7) is 0.270. The number of thiocarbonyl (C=S) groups is 1. The first-order valence-corrected chi connectivity index (χ1v) is 8.91. The van der Waals surface area contributed by atoms with Crippen LogP contribution in [0.25, 0.3) is 6.08 Å². The van der Waals surface area contributed by atoms with E-state index < -0.39 is 11.8 Å². The van der Waals surface area contributed by atoms with Crippen LogP contribution in [0.1, 0.15) is 5.56 Å². The molecule has 1 fully saturated rings. The molecule has 0 aromatic heterocycles. The summed E-state index contributed by atoms with van der Waals surface area (Å²) in [5.41, 5.74) is 2.13. The highest BCUT2D eigenvalue weighted by Gasteiger charge is 2.34. The molecule has 2 aliphatic rings. The van der Waals surface area contributed by atoms with Gasteiger partial charge in [0, 0.05) is 10.6 Å². The van der Waals surface area contributed by atoms with E-state index in [0.29, 0.717) is 10.7 Å². The number of fused-ring (bicyclic) bond motifs is 1. The average Bonchev–Trinajstić information content (AvgIpc) is 2.66. The topological polar surface area (TPSA) is 58.6 Å². The quantitative estimate of drug-likeness (QED) is 0.479. The second kappa shape index (κ2) is 6.98. The monoisotopic (exact) mass is 396 g/mol. The maximum atomic E-state index is 13.0. The smallest absolute Gasteiger partial charge is 0.270 e. The SMILES string of the molecule is O=C1NC(=S)N(c2ccc(Cl)cc2)C(=O)C1=CC1=Cc2ccccc2OC1. The summed E-state index contributed by atoms with van der Waals surface area (Å²) >= 11 is 11.1. The Labute approximate surface area is 165 Å². The van der Waals surface area contributed by atoms with E-state index in [-0.39, 0.29) is 17.3 Å².